The molecule has 0 radical (unpaired) electrons. The number of benzene rings is 4. The summed E-state index contributed by atoms with van der Waals surface area (Å²) >= 11 is 6.11. The van der Waals surface area contributed by atoms with Crippen molar-refractivity contribution in [3.05, 3.63) is 65.9 Å². The van der Waals surface area contributed by atoms with Crippen LogP contribution in [0.4, 0.5) is 29.0 Å². The Bertz CT molecular complexity index is 2020. The maximum atomic E-state index is 11.9. The van der Waals surface area contributed by atoms with E-state index in [0.717, 1.165) is 29.0 Å². The highest BCUT2D eigenvalue weighted by Crippen LogP contribution is 2.42. The number of phenols is 1. The average molecular weight is 589 g/mol. The van der Waals surface area contributed by atoms with E-state index in [2.05, 4.69) is 25.6 Å². The number of nitrogen functional groups attached to an aromatic ring is 1. The molecule has 0 saturated heterocycles. The number of hydrogen-bond donors (Lipinski definition) is 6. The van der Waals surface area contributed by atoms with Crippen LogP contribution in [0.3, 0.4) is 0 Å². The molecule has 5 aromatic rings. The fourth-order valence-corrected chi connectivity index (χ4v) is 5.34. The van der Waals surface area contributed by atoms with Gasteiger partial charge in [0.1, 0.15) is 10.6 Å². The zero-order chi connectivity index (χ0) is 28.1. The van der Waals surface area contributed by atoms with Crippen molar-refractivity contribution in [2.45, 2.75) is 9.79 Å². The predicted octanol–water partition coefficient (Wildman–Crippen LogP) is 4.10. The standard InChI is InChI=1S/C23H17ClN6O7S2/c24-21-28-22(26-15-7-3-5-11-4-1-2-6-14(11)15)30-23(29-21)27-16-10-13(38(32,33)34)8-12-9-17(39(35,36)37)19(25)20(31)18(12)16/h1-10,31H,25H2,(H,32,33,34)(H,35,36,37)(H2,26,27,28,29,30). The van der Waals surface area contributed by atoms with Crippen LogP contribution in [0, 0.1) is 0 Å². The second-order valence-corrected chi connectivity index (χ2v) is 11.3. The number of nitrogens with zero attached hydrogens (tertiary/aromatic N) is 3. The molecule has 0 spiro atoms. The van der Waals surface area contributed by atoms with Gasteiger partial charge in [-0.3, -0.25) is 9.11 Å². The minimum Gasteiger partial charge on any atom is -0.505 e. The second kappa shape index (κ2) is 9.48. The SMILES string of the molecule is Nc1c(S(=O)(=O)O)cc2cc(S(=O)(=O)O)cc(Nc3nc(Cl)nc(Nc4cccc5ccccc45)n3)c2c1O. The zero-order valence-corrected chi connectivity index (χ0v) is 21.8. The van der Waals surface area contributed by atoms with E-state index in [0.29, 0.717) is 5.69 Å². The van der Waals surface area contributed by atoms with Crippen LogP contribution in [0.2, 0.25) is 5.28 Å². The molecule has 1 heterocycles. The maximum absolute atomic E-state index is 11.9. The summed E-state index contributed by atoms with van der Waals surface area (Å²) in [6.07, 6.45) is 0. The van der Waals surface area contributed by atoms with Crippen LogP contribution >= 0.6 is 11.6 Å². The molecule has 0 saturated carbocycles. The van der Waals surface area contributed by atoms with Crippen LogP contribution in [0.5, 0.6) is 5.75 Å². The smallest absolute Gasteiger partial charge is 0.296 e. The number of aromatic nitrogens is 3. The molecule has 0 unspecified atom stereocenters. The fourth-order valence-electron chi connectivity index (χ4n) is 3.98. The van der Waals surface area contributed by atoms with E-state index in [-0.39, 0.29) is 33.6 Å². The van der Waals surface area contributed by atoms with Crippen LogP contribution in [0.25, 0.3) is 21.5 Å². The molecule has 200 valence electrons. The Balaban J connectivity index is 1.64. The molecule has 4 aromatic carbocycles. The summed E-state index contributed by atoms with van der Waals surface area (Å²) in [5, 5.41) is 17.7. The lowest BCUT2D eigenvalue weighted by Crippen LogP contribution is -2.07. The first-order chi connectivity index (χ1) is 18.3. The van der Waals surface area contributed by atoms with Crippen molar-refractivity contribution in [1.82, 2.24) is 15.0 Å². The van der Waals surface area contributed by atoms with Gasteiger partial charge in [-0.1, -0.05) is 36.4 Å². The van der Waals surface area contributed by atoms with Gasteiger partial charge in [0.25, 0.3) is 20.2 Å². The van der Waals surface area contributed by atoms with Gasteiger partial charge in [-0.05, 0) is 46.6 Å². The molecule has 16 heteroatoms. The van der Waals surface area contributed by atoms with Gasteiger partial charge in [0.2, 0.25) is 17.2 Å². The van der Waals surface area contributed by atoms with Gasteiger partial charge in [-0.15, -0.1) is 0 Å². The van der Waals surface area contributed by atoms with Crippen molar-refractivity contribution in [2.24, 2.45) is 0 Å². The van der Waals surface area contributed by atoms with E-state index in [1.54, 1.807) is 6.07 Å². The minimum atomic E-state index is -4.90. The number of nitrogens with one attached hydrogen (secondary N) is 2. The van der Waals surface area contributed by atoms with Gasteiger partial charge in [-0.2, -0.15) is 31.8 Å². The molecule has 13 nitrogen and oxygen atoms in total. The highest BCUT2D eigenvalue weighted by atomic mass is 35.5. The quantitative estimate of drug-likeness (QED) is 0.0935. The number of halogens is 1. The van der Waals surface area contributed by atoms with E-state index >= 15 is 0 Å². The number of hydrogen-bond acceptors (Lipinski definition) is 11. The number of rotatable bonds is 6. The van der Waals surface area contributed by atoms with E-state index in [4.69, 9.17) is 17.3 Å². The Labute approximate surface area is 225 Å². The highest BCUT2D eigenvalue weighted by molar-refractivity contribution is 7.86. The molecule has 0 aliphatic heterocycles. The van der Waals surface area contributed by atoms with Gasteiger partial charge < -0.3 is 21.5 Å². The van der Waals surface area contributed by atoms with Crippen molar-refractivity contribution in [1.29, 1.82) is 0 Å². The number of aromatic hydroxyl groups is 1. The monoisotopic (exact) mass is 588 g/mol. The third kappa shape index (κ3) is 5.21. The molecule has 0 fully saturated rings. The van der Waals surface area contributed by atoms with E-state index in [9.17, 15) is 31.0 Å². The molecule has 39 heavy (non-hydrogen) atoms. The lowest BCUT2D eigenvalue weighted by molar-refractivity contribution is 0.473. The Morgan fingerprint density at radius 2 is 1.41 bits per heavy atom. The first kappa shape index (κ1) is 26.3. The molecule has 0 amide bonds. The highest BCUT2D eigenvalue weighted by Gasteiger charge is 2.24. The summed E-state index contributed by atoms with van der Waals surface area (Å²) in [6, 6.07) is 15.8. The third-order valence-electron chi connectivity index (χ3n) is 5.65. The molecule has 0 bridgehead atoms. The second-order valence-electron chi connectivity index (χ2n) is 8.18. The van der Waals surface area contributed by atoms with E-state index in [1.807, 2.05) is 36.4 Å². The Morgan fingerprint density at radius 1 is 0.769 bits per heavy atom. The number of anilines is 5. The molecular formula is C23H17ClN6O7S2. The summed E-state index contributed by atoms with van der Waals surface area (Å²) in [7, 11) is -9.71. The fraction of sp³-hybridized carbons (Fsp3) is 0. The predicted molar refractivity (Wildman–Crippen MR) is 145 cm³/mol. The van der Waals surface area contributed by atoms with Crippen molar-refractivity contribution in [2.75, 3.05) is 16.4 Å². The minimum absolute atomic E-state index is 0.0153. The normalized spacial score (nSPS) is 12.1. The van der Waals surface area contributed by atoms with Crippen molar-refractivity contribution in [3.8, 4) is 5.75 Å². The van der Waals surface area contributed by atoms with Crippen LogP contribution < -0.4 is 16.4 Å². The molecular weight excluding hydrogens is 572 g/mol. The molecule has 1 aromatic heterocycles. The Morgan fingerprint density at radius 3 is 2.08 bits per heavy atom. The van der Waals surface area contributed by atoms with E-state index in [1.165, 1.54) is 0 Å². The summed E-state index contributed by atoms with van der Waals surface area (Å²) < 4.78 is 66.5. The van der Waals surface area contributed by atoms with Gasteiger partial charge in [0.15, 0.2) is 0 Å². The van der Waals surface area contributed by atoms with E-state index < -0.39 is 41.5 Å². The van der Waals surface area contributed by atoms with Crippen molar-refractivity contribution < 1.29 is 31.0 Å². The summed E-state index contributed by atoms with van der Waals surface area (Å²) in [5.74, 6) is -0.983. The summed E-state index contributed by atoms with van der Waals surface area (Å²) in [4.78, 5) is 10.7. The first-order valence-electron chi connectivity index (χ1n) is 10.8. The lowest BCUT2D eigenvalue weighted by atomic mass is 10.1. The van der Waals surface area contributed by atoms with Crippen LogP contribution in [0.15, 0.2) is 70.5 Å². The van der Waals surface area contributed by atoms with Gasteiger partial charge in [0.05, 0.1) is 16.3 Å². The number of fused-ring (bicyclic) bond motifs is 2. The summed E-state index contributed by atoms with van der Waals surface area (Å²) in [5.41, 5.74) is 5.51. The molecule has 7 N–H and O–H groups in total. The van der Waals surface area contributed by atoms with Crippen molar-refractivity contribution in [3.63, 3.8) is 0 Å². The molecule has 0 aliphatic rings. The molecule has 0 atom stereocenters. The molecule has 5 rings (SSSR count). The van der Waals surface area contributed by atoms with Gasteiger partial charge in [0, 0.05) is 16.5 Å². The number of phenolic OH excluding ortho intramolecular Hbond substituents is 1. The lowest BCUT2D eigenvalue weighted by Gasteiger charge is -2.15. The number of nitrogens with two attached hydrogens (primary N) is 1. The zero-order valence-electron chi connectivity index (χ0n) is 19.4. The first-order valence-corrected chi connectivity index (χ1v) is 14.0. The average Bonchev–Trinajstić information content (AvgIpc) is 2.84. The van der Waals surface area contributed by atoms with Gasteiger partial charge in [-0.25, -0.2) is 0 Å². The van der Waals surface area contributed by atoms with Crippen molar-refractivity contribution >= 4 is 82.3 Å². The van der Waals surface area contributed by atoms with Gasteiger partial charge >= 0.3 is 0 Å². The van der Waals surface area contributed by atoms with Crippen LogP contribution in [0.1, 0.15) is 0 Å². The maximum Gasteiger partial charge on any atom is 0.296 e. The van der Waals surface area contributed by atoms with Crippen LogP contribution in [-0.2, 0) is 20.2 Å². The molecule has 0 aliphatic carbocycles. The Kier molecular flexibility index (Phi) is 6.40. The summed E-state index contributed by atoms with van der Waals surface area (Å²) in [6.45, 7) is 0. The largest absolute Gasteiger partial charge is 0.505 e. The topological polar surface area (TPSA) is 218 Å². The third-order valence-corrected chi connectivity index (χ3v) is 7.55. The van der Waals surface area contributed by atoms with Crippen LogP contribution in [-0.4, -0.2) is 46.0 Å². The Hall–Kier alpha value is -4.28.